The van der Waals surface area contributed by atoms with Gasteiger partial charge in [0.25, 0.3) is 0 Å². The van der Waals surface area contributed by atoms with Crippen LogP contribution in [0, 0.1) is 26.6 Å². The summed E-state index contributed by atoms with van der Waals surface area (Å²) in [5, 5.41) is 4.09. The minimum Gasteiger partial charge on any atom is -0.351 e. The van der Waals surface area contributed by atoms with Crippen LogP contribution in [0.4, 0.5) is 10.1 Å². The number of nitrogens with zero attached hydrogens (tertiary/aromatic N) is 3. The summed E-state index contributed by atoms with van der Waals surface area (Å²) >= 11 is 5.82. The highest BCUT2D eigenvalue weighted by Crippen LogP contribution is 2.44. The first-order chi connectivity index (χ1) is 16.0. The third kappa shape index (κ3) is 3.70. The number of anilines is 1. The molecule has 0 radical (unpaired) electrons. The highest BCUT2D eigenvalue weighted by atomic mass is 32.1. The second kappa shape index (κ2) is 8.45. The fourth-order valence-corrected chi connectivity index (χ4v) is 5.14. The van der Waals surface area contributed by atoms with Crippen molar-refractivity contribution in [1.29, 1.82) is 0 Å². The van der Waals surface area contributed by atoms with Crippen molar-refractivity contribution in [3.63, 3.8) is 0 Å². The van der Waals surface area contributed by atoms with Crippen LogP contribution in [0.25, 0.3) is 5.69 Å². The Kier molecular flexibility index (Phi) is 5.46. The predicted octanol–water partition coefficient (Wildman–Crippen LogP) is 6.11. The minimum atomic E-state index is -0.225. The Bertz CT molecular complexity index is 1320. The Balaban J connectivity index is 1.69. The average molecular weight is 457 g/mol. The third-order valence-corrected chi connectivity index (χ3v) is 6.64. The molecule has 1 fully saturated rings. The van der Waals surface area contributed by atoms with E-state index in [0.717, 1.165) is 34.0 Å². The van der Waals surface area contributed by atoms with Crippen molar-refractivity contribution < 1.29 is 4.39 Å². The number of hydrogen-bond donors (Lipinski definition) is 1. The van der Waals surface area contributed by atoms with Crippen LogP contribution in [0.3, 0.4) is 0 Å². The number of para-hydroxylation sites is 1. The smallest absolute Gasteiger partial charge is 0.174 e. The standard InChI is InChI=1S/C27H25FN4S/c1-17-15-21(12-13-23(17)28)32-26(25(30-27(32)33)24-11-7-8-14-29-24)22-16-18(2)31(19(22)3)20-9-5-4-6-10-20/h4-16,25-26H,1-3H3,(H,30,33). The SMILES string of the molecule is Cc1cc(N2C(=S)NC(c3ccccn3)C2c2cc(C)n(-c3ccccc3)c2C)ccc1F. The van der Waals surface area contributed by atoms with E-state index in [1.54, 1.807) is 19.2 Å². The Morgan fingerprint density at radius 2 is 1.67 bits per heavy atom. The molecular formula is C27H25FN4S. The van der Waals surface area contributed by atoms with Crippen LogP contribution in [0.5, 0.6) is 0 Å². The number of rotatable bonds is 4. The maximum atomic E-state index is 14.1. The molecule has 0 saturated carbocycles. The highest BCUT2D eigenvalue weighted by Gasteiger charge is 2.42. The first-order valence-electron chi connectivity index (χ1n) is 11.0. The second-order valence-electron chi connectivity index (χ2n) is 8.43. The Morgan fingerprint density at radius 3 is 2.36 bits per heavy atom. The third-order valence-electron chi connectivity index (χ3n) is 6.32. The Hall–Kier alpha value is -3.51. The molecule has 4 nitrogen and oxygen atoms in total. The number of thiocarbonyl (C=S) groups is 1. The van der Waals surface area contributed by atoms with Crippen molar-refractivity contribution >= 4 is 23.0 Å². The normalized spacial score (nSPS) is 17.9. The molecule has 0 spiro atoms. The summed E-state index contributed by atoms with van der Waals surface area (Å²) in [6, 6.07) is 23.3. The molecule has 1 aliphatic rings. The van der Waals surface area contributed by atoms with E-state index in [0.29, 0.717) is 10.7 Å². The number of hydrogen-bond acceptors (Lipinski definition) is 2. The van der Waals surface area contributed by atoms with Gasteiger partial charge in [0, 0.05) is 29.0 Å². The average Bonchev–Trinajstić information content (AvgIpc) is 3.32. The summed E-state index contributed by atoms with van der Waals surface area (Å²) in [6.45, 7) is 6.03. The lowest BCUT2D eigenvalue weighted by Crippen LogP contribution is -2.29. The summed E-state index contributed by atoms with van der Waals surface area (Å²) in [6.07, 6.45) is 1.80. The first kappa shape index (κ1) is 21.3. The minimum absolute atomic E-state index is 0.138. The van der Waals surface area contributed by atoms with Gasteiger partial charge in [-0.05, 0) is 92.6 Å². The van der Waals surface area contributed by atoms with E-state index in [1.807, 2.05) is 42.5 Å². The molecule has 4 aromatic rings. The first-order valence-corrected chi connectivity index (χ1v) is 11.4. The van der Waals surface area contributed by atoms with E-state index in [-0.39, 0.29) is 17.9 Å². The molecule has 33 heavy (non-hydrogen) atoms. The fraction of sp³-hybridized carbons (Fsp3) is 0.185. The highest BCUT2D eigenvalue weighted by molar-refractivity contribution is 7.80. The van der Waals surface area contributed by atoms with Crippen molar-refractivity contribution in [1.82, 2.24) is 14.9 Å². The van der Waals surface area contributed by atoms with Crippen molar-refractivity contribution in [3.8, 4) is 5.69 Å². The molecule has 0 amide bonds. The predicted molar refractivity (Wildman–Crippen MR) is 134 cm³/mol. The fourth-order valence-electron chi connectivity index (χ4n) is 4.79. The molecule has 3 heterocycles. The number of halogens is 1. The van der Waals surface area contributed by atoms with E-state index in [1.165, 1.54) is 6.07 Å². The van der Waals surface area contributed by atoms with Gasteiger partial charge in [-0.25, -0.2) is 4.39 Å². The number of pyridine rings is 1. The molecule has 6 heteroatoms. The molecule has 1 aliphatic heterocycles. The van der Waals surface area contributed by atoms with Gasteiger partial charge in [0.05, 0.1) is 17.8 Å². The summed E-state index contributed by atoms with van der Waals surface area (Å²) in [5.41, 5.74) is 6.91. The van der Waals surface area contributed by atoms with Gasteiger partial charge in [-0.15, -0.1) is 0 Å². The molecule has 0 bridgehead atoms. The number of benzene rings is 2. The Labute approximate surface area is 198 Å². The number of aromatic nitrogens is 2. The van der Waals surface area contributed by atoms with Gasteiger partial charge >= 0.3 is 0 Å². The van der Waals surface area contributed by atoms with Gasteiger partial charge in [0.15, 0.2) is 5.11 Å². The van der Waals surface area contributed by atoms with Crippen LogP contribution in [-0.4, -0.2) is 14.7 Å². The molecule has 2 unspecified atom stereocenters. The van der Waals surface area contributed by atoms with Gasteiger partial charge < -0.3 is 14.8 Å². The van der Waals surface area contributed by atoms with Gasteiger partial charge in [0.2, 0.25) is 0 Å². The zero-order chi connectivity index (χ0) is 23.1. The van der Waals surface area contributed by atoms with Crippen molar-refractivity contribution in [2.45, 2.75) is 32.9 Å². The van der Waals surface area contributed by atoms with E-state index in [2.05, 4.69) is 51.8 Å². The number of nitrogens with one attached hydrogen (secondary N) is 1. The maximum Gasteiger partial charge on any atom is 0.174 e. The molecular weight excluding hydrogens is 431 g/mol. The van der Waals surface area contributed by atoms with Crippen LogP contribution in [-0.2, 0) is 0 Å². The molecule has 5 rings (SSSR count). The van der Waals surface area contributed by atoms with Gasteiger partial charge in [0.1, 0.15) is 5.82 Å². The van der Waals surface area contributed by atoms with Gasteiger partial charge in [-0.3, -0.25) is 4.98 Å². The topological polar surface area (TPSA) is 33.1 Å². The van der Waals surface area contributed by atoms with Crippen LogP contribution in [0.2, 0.25) is 0 Å². The summed E-state index contributed by atoms with van der Waals surface area (Å²) in [7, 11) is 0. The molecule has 2 aromatic heterocycles. The van der Waals surface area contributed by atoms with E-state index in [4.69, 9.17) is 12.2 Å². The van der Waals surface area contributed by atoms with Gasteiger partial charge in [-0.1, -0.05) is 24.3 Å². The lowest BCUT2D eigenvalue weighted by Gasteiger charge is -2.28. The van der Waals surface area contributed by atoms with E-state index < -0.39 is 0 Å². The van der Waals surface area contributed by atoms with E-state index in [9.17, 15) is 4.39 Å². The summed E-state index contributed by atoms with van der Waals surface area (Å²) in [4.78, 5) is 6.73. The maximum absolute atomic E-state index is 14.1. The van der Waals surface area contributed by atoms with E-state index >= 15 is 0 Å². The second-order valence-corrected chi connectivity index (χ2v) is 8.81. The number of aryl methyl sites for hydroxylation is 2. The van der Waals surface area contributed by atoms with Crippen molar-refractivity contribution in [3.05, 3.63) is 113 Å². The van der Waals surface area contributed by atoms with Crippen LogP contribution in [0.15, 0.2) is 79.0 Å². The van der Waals surface area contributed by atoms with Crippen molar-refractivity contribution in [2.75, 3.05) is 4.90 Å². The molecule has 1 N–H and O–H groups in total. The lowest BCUT2D eigenvalue weighted by molar-refractivity contribution is 0.564. The van der Waals surface area contributed by atoms with Crippen LogP contribution < -0.4 is 10.2 Å². The molecule has 1 saturated heterocycles. The molecule has 166 valence electrons. The summed E-state index contributed by atoms with van der Waals surface area (Å²) < 4.78 is 16.3. The lowest BCUT2D eigenvalue weighted by atomic mass is 9.96. The monoisotopic (exact) mass is 456 g/mol. The molecule has 2 atom stereocenters. The zero-order valence-electron chi connectivity index (χ0n) is 18.8. The van der Waals surface area contributed by atoms with Crippen LogP contribution >= 0.6 is 12.2 Å². The largest absolute Gasteiger partial charge is 0.351 e. The van der Waals surface area contributed by atoms with Crippen molar-refractivity contribution in [2.24, 2.45) is 0 Å². The molecule has 2 aromatic carbocycles. The van der Waals surface area contributed by atoms with Crippen LogP contribution in [0.1, 0.15) is 40.3 Å². The summed E-state index contributed by atoms with van der Waals surface area (Å²) in [5.74, 6) is -0.225. The molecule has 0 aliphatic carbocycles. The Morgan fingerprint density at radius 1 is 0.909 bits per heavy atom. The quantitative estimate of drug-likeness (QED) is 0.376. The zero-order valence-corrected chi connectivity index (χ0v) is 19.6. The van der Waals surface area contributed by atoms with Gasteiger partial charge in [-0.2, -0.15) is 0 Å².